The summed E-state index contributed by atoms with van der Waals surface area (Å²) in [6.45, 7) is 2.21. The zero-order chi connectivity index (χ0) is 13.8. The van der Waals surface area contributed by atoms with Crippen molar-refractivity contribution in [2.45, 2.75) is 18.2 Å². The molecule has 0 saturated carbocycles. The molecule has 0 heterocycles. The van der Waals surface area contributed by atoms with Crippen molar-refractivity contribution in [1.82, 2.24) is 0 Å². The van der Waals surface area contributed by atoms with Crippen LogP contribution in [0.3, 0.4) is 0 Å². The van der Waals surface area contributed by atoms with E-state index in [2.05, 4.69) is 5.32 Å². The molecule has 0 spiro atoms. The fourth-order valence-corrected chi connectivity index (χ4v) is 2.46. The third-order valence-electron chi connectivity index (χ3n) is 2.45. The quantitative estimate of drug-likeness (QED) is 0.821. The van der Waals surface area contributed by atoms with E-state index in [9.17, 15) is 13.2 Å². The summed E-state index contributed by atoms with van der Waals surface area (Å²) in [7, 11) is -3.28. The molecule has 1 rings (SSSR count). The second-order valence-electron chi connectivity index (χ2n) is 4.35. The van der Waals surface area contributed by atoms with Gasteiger partial charge in [-0.05, 0) is 18.1 Å². The van der Waals surface area contributed by atoms with Gasteiger partial charge in [-0.1, -0.05) is 19.1 Å². The summed E-state index contributed by atoms with van der Waals surface area (Å²) in [6.07, 6.45) is 1.20. The van der Waals surface area contributed by atoms with Gasteiger partial charge < -0.3 is 10.4 Å². The molecule has 0 saturated heterocycles. The standard InChI is InChI=1S/C12H17NO4S/c1-9(7-12(14)15)8-13-10-5-3-4-6-11(10)18(2,16)17/h3-6,9,13H,7-8H2,1-2H3,(H,14,15). The first-order valence-electron chi connectivity index (χ1n) is 5.55. The lowest BCUT2D eigenvalue weighted by atomic mass is 10.1. The van der Waals surface area contributed by atoms with Crippen LogP contribution in [0, 0.1) is 5.92 Å². The van der Waals surface area contributed by atoms with Gasteiger partial charge >= 0.3 is 5.97 Å². The minimum atomic E-state index is -3.28. The maximum atomic E-state index is 11.5. The number of hydrogen-bond donors (Lipinski definition) is 2. The van der Waals surface area contributed by atoms with E-state index in [1.54, 1.807) is 25.1 Å². The molecule has 0 aliphatic heterocycles. The molecular weight excluding hydrogens is 254 g/mol. The summed E-state index contributed by atoms with van der Waals surface area (Å²) < 4.78 is 23.1. The zero-order valence-corrected chi connectivity index (χ0v) is 11.2. The fourth-order valence-electron chi connectivity index (χ4n) is 1.59. The maximum absolute atomic E-state index is 11.5. The Balaban J connectivity index is 2.77. The Morgan fingerprint density at radius 1 is 1.39 bits per heavy atom. The van der Waals surface area contributed by atoms with Gasteiger partial charge in [0, 0.05) is 19.2 Å². The van der Waals surface area contributed by atoms with Crippen LogP contribution in [0.15, 0.2) is 29.2 Å². The molecule has 0 aliphatic carbocycles. The number of aliphatic carboxylic acids is 1. The summed E-state index contributed by atoms with van der Waals surface area (Å²) in [5.74, 6) is -0.934. The lowest BCUT2D eigenvalue weighted by Crippen LogP contribution is -2.16. The summed E-state index contributed by atoms with van der Waals surface area (Å²) in [4.78, 5) is 10.8. The van der Waals surface area contributed by atoms with Crippen LogP contribution in [0.5, 0.6) is 0 Å². The molecule has 100 valence electrons. The minimum Gasteiger partial charge on any atom is -0.481 e. The lowest BCUT2D eigenvalue weighted by molar-refractivity contribution is -0.137. The van der Waals surface area contributed by atoms with E-state index >= 15 is 0 Å². The number of carboxylic acids is 1. The highest BCUT2D eigenvalue weighted by Gasteiger charge is 2.13. The molecule has 1 aromatic carbocycles. The van der Waals surface area contributed by atoms with Gasteiger partial charge in [0.2, 0.25) is 0 Å². The number of rotatable bonds is 6. The predicted octanol–water partition coefficient (Wildman–Crippen LogP) is 1.61. The van der Waals surface area contributed by atoms with Crippen molar-refractivity contribution >= 4 is 21.5 Å². The summed E-state index contributed by atoms with van der Waals surface area (Å²) in [5, 5.41) is 11.6. The van der Waals surface area contributed by atoms with E-state index in [0.717, 1.165) is 6.26 Å². The molecule has 6 heteroatoms. The zero-order valence-electron chi connectivity index (χ0n) is 10.4. The van der Waals surface area contributed by atoms with Gasteiger partial charge in [0.1, 0.15) is 0 Å². The highest BCUT2D eigenvalue weighted by molar-refractivity contribution is 7.90. The van der Waals surface area contributed by atoms with Gasteiger partial charge in [-0.2, -0.15) is 0 Å². The number of hydrogen-bond acceptors (Lipinski definition) is 4. The number of anilines is 1. The molecule has 2 N–H and O–H groups in total. The van der Waals surface area contributed by atoms with Crippen LogP contribution in [-0.2, 0) is 14.6 Å². The Hall–Kier alpha value is -1.56. The molecule has 1 unspecified atom stereocenters. The molecule has 5 nitrogen and oxygen atoms in total. The van der Waals surface area contributed by atoms with Crippen molar-refractivity contribution in [2.24, 2.45) is 5.92 Å². The molecule has 0 fully saturated rings. The number of carboxylic acid groups (broad SMARTS) is 1. The van der Waals surface area contributed by atoms with Crippen LogP contribution < -0.4 is 5.32 Å². The van der Waals surface area contributed by atoms with Crippen molar-refractivity contribution in [1.29, 1.82) is 0 Å². The average molecular weight is 271 g/mol. The van der Waals surface area contributed by atoms with Crippen LogP contribution >= 0.6 is 0 Å². The number of benzene rings is 1. The first-order chi connectivity index (χ1) is 8.30. The van der Waals surface area contributed by atoms with Crippen molar-refractivity contribution in [3.8, 4) is 0 Å². The predicted molar refractivity (Wildman–Crippen MR) is 69.5 cm³/mol. The van der Waals surface area contributed by atoms with Gasteiger partial charge in [0.15, 0.2) is 9.84 Å². The molecule has 0 amide bonds. The van der Waals surface area contributed by atoms with E-state index in [-0.39, 0.29) is 17.2 Å². The first-order valence-corrected chi connectivity index (χ1v) is 7.44. The molecule has 1 aromatic rings. The Morgan fingerprint density at radius 3 is 2.56 bits per heavy atom. The second-order valence-corrected chi connectivity index (χ2v) is 6.34. The van der Waals surface area contributed by atoms with Crippen LogP contribution in [0.4, 0.5) is 5.69 Å². The molecular formula is C12H17NO4S. The van der Waals surface area contributed by atoms with E-state index in [1.807, 2.05) is 0 Å². The summed E-state index contributed by atoms with van der Waals surface area (Å²) >= 11 is 0. The van der Waals surface area contributed by atoms with Gasteiger partial charge in [-0.15, -0.1) is 0 Å². The minimum absolute atomic E-state index is 0.0496. The van der Waals surface area contributed by atoms with Crippen molar-refractivity contribution < 1.29 is 18.3 Å². The highest BCUT2D eigenvalue weighted by atomic mass is 32.2. The Kier molecular flexibility index (Phi) is 4.72. The number of nitrogens with one attached hydrogen (secondary N) is 1. The molecule has 0 aliphatic rings. The van der Waals surface area contributed by atoms with Gasteiger partial charge in [-0.3, -0.25) is 4.79 Å². The van der Waals surface area contributed by atoms with Crippen molar-refractivity contribution in [2.75, 3.05) is 18.1 Å². The Labute approximate surface area is 107 Å². The van der Waals surface area contributed by atoms with Gasteiger partial charge in [0.05, 0.1) is 10.6 Å². The van der Waals surface area contributed by atoms with Crippen LogP contribution in [0.25, 0.3) is 0 Å². The van der Waals surface area contributed by atoms with E-state index in [4.69, 9.17) is 5.11 Å². The van der Waals surface area contributed by atoms with Gasteiger partial charge in [0.25, 0.3) is 0 Å². The summed E-state index contributed by atoms with van der Waals surface area (Å²) in [6, 6.07) is 6.59. The third-order valence-corrected chi connectivity index (χ3v) is 3.61. The van der Waals surface area contributed by atoms with Crippen molar-refractivity contribution in [3.63, 3.8) is 0 Å². The Morgan fingerprint density at radius 2 is 2.00 bits per heavy atom. The smallest absolute Gasteiger partial charge is 0.303 e. The van der Waals surface area contributed by atoms with E-state index in [1.165, 1.54) is 6.07 Å². The summed E-state index contributed by atoms with van der Waals surface area (Å²) in [5.41, 5.74) is 0.511. The number of carbonyl (C=O) groups is 1. The second kappa shape index (κ2) is 5.86. The van der Waals surface area contributed by atoms with Gasteiger partial charge in [-0.25, -0.2) is 8.42 Å². The maximum Gasteiger partial charge on any atom is 0.303 e. The van der Waals surface area contributed by atoms with Crippen molar-refractivity contribution in [3.05, 3.63) is 24.3 Å². The molecule has 1 atom stereocenters. The third kappa shape index (κ3) is 4.37. The van der Waals surface area contributed by atoms with E-state index < -0.39 is 15.8 Å². The molecule has 0 radical (unpaired) electrons. The monoisotopic (exact) mass is 271 g/mol. The van der Waals surface area contributed by atoms with Crippen LogP contribution in [0.1, 0.15) is 13.3 Å². The molecule has 0 aromatic heterocycles. The SMILES string of the molecule is CC(CNc1ccccc1S(C)(=O)=O)CC(=O)O. The first kappa shape index (κ1) is 14.5. The van der Waals surface area contributed by atoms with Crippen LogP contribution in [0.2, 0.25) is 0 Å². The topological polar surface area (TPSA) is 83.5 Å². The average Bonchev–Trinajstić information content (AvgIpc) is 2.24. The highest BCUT2D eigenvalue weighted by Crippen LogP contribution is 2.21. The molecule has 18 heavy (non-hydrogen) atoms. The number of sulfone groups is 1. The number of para-hydroxylation sites is 1. The Bertz CT molecular complexity index is 525. The normalized spacial score (nSPS) is 13.0. The van der Waals surface area contributed by atoms with E-state index in [0.29, 0.717) is 12.2 Å². The largest absolute Gasteiger partial charge is 0.481 e. The lowest BCUT2D eigenvalue weighted by Gasteiger charge is -2.14. The fraction of sp³-hybridized carbons (Fsp3) is 0.417. The molecule has 0 bridgehead atoms. The van der Waals surface area contributed by atoms with Crippen LogP contribution in [-0.4, -0.2) is 32.3 Å².